The molecule has 1 amide bonds. The number of benzene rings is 1. The number of hydrogen-bond donors (Lipinski definition) is 2. The molecule has 0 aromatic heterocycles. The lowest BCUT2D eigenvalue weighted by Gasteiger charge is -2.09. The highest BCUT2D eigenvalue weighted by atomic mass is 19.1. The minimum atomic E-state index is -0.664. The van der Waals surface area contributed by atoms with Crippen molar-refractivity contribution in [3.63, 3.8) is 0 Å². The third kappa shape index (κ3) is 3.89. The van der Waals surface area contributed by atoms with E-state index in [-0.39, 0.29) is 11.5 Å². The smallest absolute Gasteiger partial charge is 0.332 e. The fourth-order valence-corrected chi connectivity index (χ4v) is 1.16. The highest BCUT2D eigenvalue weighted by Gasteiger charge is 2.10. The molecule has 0 saturated heterocycles. The van der Waals surface area contributed by atoms with Crippen LogP contribution >= 0.6 is 0 Å². The topological polar surface area (TPSA) is 67.4 Å². The van der Waals surface area contributed by atoms with Gasteiger partial charge in [-0.1, -0.05) is 0 Å². The van der Waals surface area contributed by atoms with Gasteiger partial charge in [-0.25, -0.2) is 9.18 Å². The van der Waals surface area contributed by atoms with Gasteiger partial charge < -0.3 is 15.4 Å². The van der Waals surface area contributed by atoms with Crippen LogP contribution < -0.4 is 10.6 Å². The summed E-state index contributed by atoms with van der Waals surface area (Å²) in [5, 5.41) is 5.08. The summed E-state index contributed by atoms with van der Waals surface area (Å²) >= 11 is 0. The van der Waals surface area contributed by atoms with Crippen molar-refractivity contribution in [2.24, 2.45) is 0 Å². The maximum absolute atomic E-state index is 12.7. The molecule has 1 aromatic carbocycles. The normalized spacial score (nSPS) is 10.7. The number of hydrogen-bond acceptors (Lipinski definition) is 4. The van der Waals surface area contributed by atoms with Crippen molar-refractivity contribution in [1.82, 2.24) is 5.32 Å². The summed E-state index contributed by atoms with van der Waals surface area (Å²) in [6, 6.07) is 5.37. The SMILES string of the molecule is CNC(=O)/C(=C/C(=O)OC)Nc1ccc(F)cc1. The predicted octanol–water partition coefficient (Wildman–Crippen LogP) is 1.04. The van der Waals surface area contributed by atoms with E-state index in [4.69, 9.17) is 0 Å². The Kier molecular flexibility index (Phi) is 4.86. The highest BCUT2D eigenvalue weighted by Crippen LogP contribution is 2.11. The minimum Gasteiger partial charge on any atom is -0.466 e. The lowest BCUT2D eigenvalue weighted by atomic mass is 10.3. The van der Waals surface area contributed by atoms with E-state index >= 15 is 0 Å². The van der Waals surface area contributed by atoms with Gasteiger partial charge in [0.05, 0.1) is 13.2 Å². The van der Waals surface area contributed by atoms with E-state index in [0.29, 0.717) is 5.69 Å². The average molecular weight is 252 g/mol. The Morgan fingerprint density at radius 1 is 1.28 bits per heavy atom. The molecular formula is C12H13FN2O3. The Bertz CT molecular complexity index is 469. The third-order valence-electron chi connectivity index (χ3n) is 2.06. The van der Waals surface area contributed by atoms with Gasteiger partial charge in [-0.05, 0) is 24.3 Å². The van der Waals surface area contributed by atoms with Crippen molar-refractivity contribution in [3.8, 4) is 0 Å². The molecule has 0 bridgehead atoms. The van der Waals surface area contributed by atoms with Gasteiger partial charge in [-0.15, -0.1) is 0 Å². The molecule has 0 saturated carbocycles. The molecule has 0 fully saturated rings. The van der Waals surface area contributed by atoms with E-state index < -0.39 is 11.9 Å². The molecule has 6 heteroatoms. The van der Waals surface area contributed by atoms with Crippen LogP contribution in [0, 0.1) is 5.82 Å². The standard InChI is InChI=1S/C12H13FN2O3/c1-14-12(17)10(7-11(16)18-2)15-9-5-3-8(13)4-6-9/h3-7,15H,1-2H3,(H,14,17)/b10-7-. The zero-order valence-electron chi connectivity index (χ0n) is 9.99. The van der Waals surface area contributed by atoms with Crippen LogP contribution in [0.3, 0.4) is 0 Å². The van der Waals surface area contributed by atoms with Crippen LogP contribution in [0.15, 0.2) is 36.0 Å². The molecular weight excluding hydrogens is 239 g/mol. The number of likely N-dealkylation sites (N-methyl/N-ethyl adjacent to an activating group) is 1. The molecule has 0 spiro atoms. The monoisotopic (exact) mass is 252 g/mol. The van der Waals surface area contributed by atoms with Crippen molar-refractivity contribution >= 4 is 17.6 Å². The first kappa shape index (κ1) is 13.7. The summed E-state index contributed by atoms with van der Waals surface area (Å²) in [6.45, 7) is 0. The molecule has 0 heterocycles. The number of carbonyl (C=O) groups excluding carboxylic acids is 2. The minimum absolute atomic E-state index is 0.0101. The molecule has 1 aromatic rings. The molecule has 0 radical (unpaired) electrons. The number of nitrogens with one attached hydrogen (secondary N) is 2. The summed E-state index contributed by atoms with van der Waals surface area (Å²) < 4.78 is 17.2. The molecule has 5 nitrogen and oxygen atoms in total. The lowest BCUT2D eigenvalue weighted by Crippen LogP contribution is -2.25. The van der Waals surface area contributed by atoms with Gasteiger partial charge in [-0.3, -0.25) is 4.79 Å². The Labute approximate surface area is 104 Å². The number of halogens is 1. The van der Waals surface area contributed by atoms with Gasteiger partial charge in [0.25, 0.3) is 5.91 Å². The van der Waals surface area contributed by atoms with Crippen LogP contribution in [0.25, 0.3) is 0 Å². The summed E-state index contributed by atoms with van der Waals surface area (Å²) in [5.74, 6) is -1.54. The van der Waals surface area contributed by atoms with Gasteiger partial charge in [0.2, 0.25) is 0 Å². The zero-order valence-corrected chi connectivity index (χ0v) is 9.99. The highest BCUT2D eigenvalue weighted by molar-refractivity contribution is 6.01. The second-order valence-electron chi connectivity index (χ2n) is 3.29. The molecule has 96 valence electrons. The number of rotatable bonds is 4. The first-order valence-electron chi connectivity index (χ1n) is 5.11. The van der Waals surface area contributed by atoms with E-state index in [0.717, 1.165) is 6.08 Å². The second kappa shape index (κ2) is 6.39. The van der Waals surface area contributed by atoms with E-state index in [2.05, 4.69) is 15.4 Å². The molecule has 0 aliphatic carbocycles. The van der Waals surface area contributed by atoms with E-state index in [1.807, 2.05) is 0 Å². The number of methoxy groups -OCH3 is 1. The quantitative estimate of drug-likeness (QED) is 0.620. The van der Waals surface area contributed by atoms with Gasteiger partial charge in [-0.2, -0.15) is 0 Å². The number of amides is 1. The van der Waals surface area contributed by atoms with Crippen molar-refractivity contribution in [3.05, 3.63) is 41.9 Å². The summed E-state index contributed by atoms with van der Waals surface area (Å²) in [5.41, 5.74) is 0.492. The van der Waals surface area contributed by atoms with Gasteiger partial charge >= 0.3 is 5.97 Å². The molecule has 0 unspecified atom stereocenters. The van der Waals surface area contributed by atoms with Gasteiger partial charge in [0.15, 0.2) is 0 Å². The van der Waals surface area contributed by atoms with Crippen molar-refractivity contribution in [2.45, 2.75) is 0 Å². The summed E-state index contributed by atoms with van der Waals surface area (Å²) in [4.78, 5) is 22.6. The second-order valence-corrected chi connectivity index (χ2v) is 3.29. The Balaban J connectivity index is 2.91. The zero-order chi connectivity index (χ0) is 13.5. The summed E-state index contributed by atoms with van der Waals surface area (Å²) in [6.07, 6.45) is 1.02. The first-order valence-corrected chi connectivity index (χ1v) is 5.11. The van der Waals surface area contributed by atoms with Crippen LogP contribution in [-0.4, -0.2) is 26.0 Å². The first-order chi connectivity index (χ1) is 8.56. The molecule has 0 aliphatic rings. The van der Waals surface area contributed by atoms with Crippen molar-refractivity contribution in [2.75, 3.05) is 19.5 Å². The van der Waals surface area contributed by atoms with Crippen LogP contribution in [0.5, 0.6) is 0 Å². The van der Waals surface area contributed by atoms with Crippen LogP contribution in [0.1, 0.15) is 0 Å². The van der Waals surface area contributed by atoms with E-state index in [1.165, 1.54) is 38.4 Å². The molecule has 0 atom stereocenters. The van der Waals surface area contributed by atoms with E-state index in [1.54, 1.807) is 0 Å². The van der Waals surface area contributed by atoms with Crippen molar-refractivity contribution < 1.29 is 18.7 Å². The molecule has 18 heavy (non-hydrogen) atoms. The van der Waals surface area contributed by atoms with Gasteiger partial charge in [0, 0.05) is 12.7 Å². The third-order valence-corrected chi connectivity index (χ3v) is 2.06. The summed E-state index contributed by atoms with van der Waals surface area (Å²) in [7, 11) is 2.64. The molecule has 1 rings (SSSR count). The fraction of sp³-hybridized carbons (Fsp3) is 0.167. The molecule has 2 N–H and O–H groups in total. The Morgan fingerprint density at radius 3 is 2.39 bits per heavy atom. The van der Waals surface area contributed by atoms with E-state index in [9.17, 15) is 14.0 Å². The maximum atomic E-state index is 12.7. The average Bonchev–Trinajstić information content (AvgIpc) is 2.39. The maximum Gasteiger partial charge on any atom is 0.332 e. The Hall–Kier alpha value is -2.37. The number of carbonyl (C=O) groups is 2. The van der Waals surface area contributed by atoms with Crippen LogP contribution in [0.4, 0.5) is 10.1 Å². The number of ether oxygens (including phenoxy) is 1. The van der Waals surface area contributed by atoms with Gasteiger partial charge in [0.1, 0.15) is 11.5 Å². The predicted molar refractivity (Wildman–Crippen MR) is 64.2 cm³/mol. The Morgan fingerprint density at radius 2 is 1.89 bits per heavy atom. The number of esters is 1. The lowest BCUT2D eigenvalue weighted by molar-refractivity contribution is -0.135. The van der Waals surface area contributed by atoms with Crippen molar-refractivity contribution in [1.29, 1.82) is 0 Å². The van der Waals surface area contributed by atoms with Crippen LogP contribution in [0.2, 0.25) is 0 Å². The number of anilines is 1. The largest absolute Gasteiger partial charge is 0.466 e. The van der Waals surface area contributed by atoms with Crippen LogP contribution in [-0.2, 0) is 14.3 Å². The molecule has 0 aliphatic heterocycles. The fourth-order valence-electron chi connectivity index (χ4n) is 1.16.